The zero-order valence-electron chi connectivity index (χ0n) is 12.4. The minimum Gasteiger partial charge on any atom is -0.493 e. The maximum atomic E-state index is 12.0. The highest BCUT2D eigenvalue weighted by Crippen LogP contribution is 2.30. The molecule has 0 atom stereocenters. The van der Waals surface area contributed by atoms with E-state index in [4.69, 9.17) is 13.9 Å². The summed E-state index contributed by atoms with van der Waals surface area (Å²) in [5.41, 5.74) is 1.89. The Balaban J connectivity index is 2.03. The van der Waals surface area contributed by atoms with Gasteiger partial charge in [-0.1, -0.05) is 0 Å². The van der Waals surface area contributed by atoms with E-state index in [9.17, 15) is 4.79 Å². The van der Waals surface area contributed by atoms with E-state index < -0.39 is 0 Å². The Morgan fingerprint density at radius 3 is 2.57 bits per heavy atom. The van der Waals surface area contributed by atoms with E-state index >= 15 is 0 Å². The van der Waals surface area contributed by atoms with Gasteiger partial charge in [-0.15, -0.1) is 0 Å². The second-order valence-corrected chi connectivity index (χ2v) is 4.67. The molecule has 0 unspecified atom stereocenters. The number of methoxy groups -OCH3 is 2. The smallest absolute Gasteiger partial charge is 0.224 e. The fourth-order valence-electron chi connectivity index (χ4n) is 2.05. The zero-order chi connectivity index (χ0) is 15.2. The summed E-state index contributed by atoms with van der Waals surface area (Å²) in [5.74, 6) is 1.95. The van der Waals surface area contributed by atoms with Crippen molar-refractivity contribution in [3.8, 4) is 11.5 Å². The fraction of sp³-hybridized carbons (Fsp3) is 0.312. The summed E-state index contributed by atoms with van der Waals surface area (Å²) in [6, 6.07) is 7.32. The number of nitrogens with one attached hydrogen (secondary N) is 1. The summed E-state index contributed by atoms with van der Waals surface area (Å²) in [5, 5.41) is 2.82. The van der Waals surface area contributed by atoms with Gasteiger partial charge in [-0.3, -0.25) is 4.79 Å². The van der Waals surface area contributed by atoms with E-state index in [-0.39, 0.29) is 12.3 Å². The van der Waals surface area contributed by atoms with Crippen molar-refractivity contribution < 1.29 is 18.7 Å². The minimum atomic E-state index is -0.0679. The molecule has 0 aliphatic carbocycles. The Morgan fingerprint density at radius 2 is 1.95 bits per heavy atom. The molecule has 0 aliphatic heterocycles. The molecule has 0 radical (unpaired) electrons. The van der Waals surface area contributed by atoms with Crippen LogP contribution < -0.4 is 14.8 Å². The summed E-state index contributed by atoms with van der Waals surface area (Å²) in [7, 11) is 3.17. The second-order valence-electron chi connectivity index (χ2n) is 4.67. The van der Waals surface area contributed by atoms with Crippen LogP contribution in [-0.2, 0) is 17.8 Å². The van der Waals surface area contributed by atoms with Crippen LogP contribution in [0.5, 0.6) is 11.5 Å². The molecule has 0 saturated carbocycles. The molecule has 1 aromatic heterocycles. The largest absolute Gasteiger partial charge is 0.493 e. The number of furan rings is 1. The van der Waals surface area contributed by atoms with Gasteiger partial charge in [0, 0.05) is 0 Å². The fourth-order valence-corrected chi connectivity index (χ4v) is 2.05. The number of benzene rings is 1. The van der Waals surface area contributed by atoms with Gasteiger partial charge in [0.25, 0.3) is 0 Å². The van der Waals surface area contributed by atoms with Gasteiger partial charge in [-0.25, -0.2) is 0 Å². The first kappa shape index (κ1) is 15.0. The predicted octanol–water partition coefficient (Wildman–Crippen LogP) is 2.46. The minimum absolute atomic E-state index is 0.0679. The molecule has 1 N–H and O–H groups in total. The van der Waals surface area contributed by atoms with E-state index in [0.29, 0.717) is 18.0 Å². The normalized spacial score (nSPS) is 10.2. The maximum absolute atomic E-state index is 12.0. The molecule has 1 heterocycles. The summed E-state index contributed by atoms with van der Waals surface area (Å²) >= 11 is 0. The molecule has 5 heteroatoms. The van der Waals surface area contributed by atoms with E-state index in [1.165, 1.54) is 0 Å². The van der Waals surface area contributed by atoms with Crippen LogP contribution in [-0.4, -0.2) is 20.1 Å². The van der Waals surface area contributed by atoms with E-state index in [0.717, 1.165) is 16.9 Å². The number of ether oxygens (including phenoxy) is 2. The van der Waals surface area contributed by atoms with Crippen LogP contribution in [0.15, 0.2) is 34.9 Å². The van der Waals surface area contributed by atoms with E-state index in [1.807, 2.05) is 25.1 Å². The topological polar surface area (TPSA) is 60.7 Å². The third-order valence-corrected chi connectivity index (χ3v) is 3.23. The lowest BCUT2D eigenvalue weighted by Crippen LogP contribution is -2.24. The van der Waals surface area contributed by atoms with Crippen molar-refractivity contribution in [3.63, 3.8) is 0 Å². The molecule has 5 nitrogen and oxygen atoms in total. The molecule has 1 aromatic carbocycles. The lowest BCUT2D eigenvalue weighted by atomic mass is 10.0. The molecule has 1 amide bonds. The lowest BCUT2D eigenvalue weighted by molar-refractivity contribution is -0.120. The van der Waals surface area contributed by atoms with Crippen molar-refractivity contribution in [1.29, 1.82) is 0 Å². The van der Waals surface area contributed by atoms with Crippen LogP contribution in [0.1, 0.15) is 16.9 Å². The zero-order valence-corrected chi connectivity index (χ0v) is 12.4. The highest BCUT2D eigenvalue weighted by Gasteiger charge is 2.12. The SMILES string of the molecule is COc1cc(C)c(CC(=O)NCc2ccco2)cc1OC. The number of rotatable bonds is 6. The molecule has 2 rings (SSSR count). The second kappa shape index (κ2) is 6.83. The Bertz CT molecular complexity index is 605. The Hall–Kier alpha value is -2.43. The predicted molar refractivity (Wildman–Crippen MR) is 78.5 cm³/mol. The van der Waals surface area contributed by atoms with Gasteiger partial charge in [-0.05, 0) is 42.3 Å². The van der Waals surface area contributed by atoms with Crippen molar-refractivity contribution in [2.45, 2.75) is 19.9 Å². The van der Waals surface area contributed by atoms with Gasteiger partial charge in [0.1, 0.15) is 5.76 Å². The lowest BCUT2D eigenvalue weighted by Gasteiger charge is -2.12. The van der Waals surface area contributed by atoms with E-state index in [2.05, 4.69) is 5.32 Å². The average Bonchev–Trinajstić information content (AvgIpc) is 3.00. The van der Waals surface area contributed by atoms with Crippen LogP contribution >= 0.6 is 0 Å². The Kier molecular flexibility index (Phi) is 4.87. The maximum Gasteiger partial charge on any atom is 0.224 e. The molecular formula is C16H19NO4. The molecular weight excluding hydrogens is 270 g/mol. The van der Waals surface area contributed by atoms with Crippen molar-refractivity contribution in [1.82, 2.24) is 5.32 Å². The molecule has 0 bridgehead atoms. The first-order valence-corrected chi connectivity index (χ1v) is 6.64. The van der Waals surface area contributed by atoms with Crippen molar-refractivity contribution in [2.24, 2.45) is 0 Å². The van der Waals surface area contributed by atoms with Gasteiger partial charge >= 0.3 is 0 Å². The quantitative estimate of drug-likeness (QED) is 0.887. The summed E-state index contributed by atoms with van der Waals surface area (Å²) in [4.78, 5) is 12.0. The number of aryl methyl sites for hydroxylation is 1. The number of hydrogen-bond donors (Lipinski definition) is 1. The highest BCUT2D eigenvalue weighted by atomic mass is 16.5. The molecule has 0 spiro atoms. The third kappa shape index (κ3) is 3.78. The molecule has 21 heavy (non-hydrogen) atoms. The molecule has 0 fully saturated rings. The monoisotopic (exact) mass is 289 g/mol. The van der Waals surface area contributed by atoms with Gasteiger partial charge in [-0.2, -0.15) is 0 Å². The molecule has 112 valence electrons. The summed E-state index contributed by atoms with van der Waals surface area (Å²) in [6.45, 7) is 2.33. The van der Waals surface area contributed by atoms with E-state index in [1.54, 1.807) is 26.5 Å². The average molecular weight is 289 g/mol. The van der Waals surface area contributed by atoms with Crippen LogP contribution in [0.2, 0.25) is 0 Å². The Labute approximate surface area is 123 Å². The first-order valence-electron chi connectivity index (χ1n) is 6.64. The summed E-state index contributed by atoms with van der Waals surface area (Å²) in [6.07, 6.45) is 1.87. The molecule has 0 saturated heterocycles. The molecule has 2 aromatic rings. The first-order chi connectivity index (χ1) is 10.1. The number of hydrogen-bond acceptors (Lipinski definition) is 4. The van der Waals surface area contributed by atoms with Gasteiger partial charge < -0.3 is 19.2 Å². The van der Waals surface area contributed by atoms with Crippen LogP contribution in [0.3, 0.4) is 0 Å². The van der Waals surface area contributed by atoms with Gasteiger partial charge in [0.05, 0.1) is 33.4 Å². The van der Waals surface area contributed by atoms with Crippen molar-refractivity contribution >= 4 is 5.91 Å². The number of carbonyl (C=O) groups excluding carboxylic acids is 1. The molecule has 0 aliphatic rings. The van der Waals surface area contributed by atoms with Crippen molar-refractivity contribution in [3.05, 3.63) is 47.4 Å². The number of amides is 1. The summed E-state index contributed by atoms with van der Waals surface area (Å²) < 4.78 is 15.7. The van der Waals surface area contributed by atoms with Gasteiger partial charge in [0.2, 0.25) is 5.91 Å². The standard InChI is InChI=1S/C16H19NO4/c1-11-7-14(19-2)15(20-3)8-12(11)9-16(18)17-10-13-5-4-6-21-13/h4-8H,9-10H2,1-3H3,(H,17,18). The van der Waals surface area contributed by atoms with Crippen LogP contribution in [0.4, 0.5) is 0 Å². The van der Waals surface area contributed by atoms with Crippen molar-refractivity contribution in [2.75, 3.05) is 14.2 Å². The Morgan fingerprint density at radius 1 is 1.24 bits per heavy atom. The number of carbonyl (C=O) groups is 1. The van der Waals surface area contributed by atoms with Crippen LogP contribution in [0, 0.1) is 6.92 Å². The van der Waals surface area contributed by atoms with Crippen LogP contribution in [0.25, 0.3) is 0 Å². The highest BCUT2D eigenvalue weighted by molar-refractivity contribution is 5.79. The van der Waals surface area contributed by atoms with Gasteiger partial charge in [0.15, 0.2) is 11.5 Å². The third-order valence-electron chi connectivity index (χ3n) is 3.23.